The fourth-order valence-corrected chi connectivity index (χ4v) is 1.44. The first-order valence-corrected chi connectivity index (χ1v) is 6.23. The monoisotopic (exact) mass is 286 g/mol. The number of hydrogen-bond donors (Lipinski definition) is 1. The van der Waals surface area contributed by atoms with Gasteiger partial charge in [-0.15, -0.1) is 11.6 Å². The Kier molecular flexibility index (Phi) is 5.30. The summed E-state index contributed by atoms with van der Waals surface area (Å²) < 4.78 is 17.8. The van der Waals surface area contributed by atoms with Gasteiger partial charge in [0.25, 0.3) is 0 Å². The summed E-state index contributed by atoms with van der Waals surface area (Å²) in [6.07, 6.45) is -0.669. The summed E-state index contributed by atoms with van der Waals surface area (Å²) in [5, 5.41) is 3.86. The fourth-order valence-electron chi connectivity index (χ4n) is 1.23. The van der Waals surface area contributed by atoms with Crippen molar-refractivity contribution in [3.05, 3.63) is 35.6 Å². The maximum Gasteiger partial charge on any atom is 0.428 e. The van der Waals surface area contributed by atoms with Crippen molar-refractivity contribution in [3.8, 4) is 0 Å². The predicted octanol–water partition coefficient (Wildman–Crippen LogP) is 3.29. The van der Waals surface area contributed by atoms with Crippen LogP contribution in [0.4, 0.5) is 9.18 Å². The minimum Gasteiger partial charge on any atom is -0.443 e. The van der Waals surface area contributed by atoms with Crippen molar-refractivity contribution in [2.75, 3.05) is 5.88 Å². The normalized spacial score (nSPS) is 12.2. The summed E-state index contributed by atoms with van der Waals surface area (Å²) in [5.41, 5.74) is 2.71. The third-order valence-electron chi connectivity index (χ3n) is 1.99. The van der Waals surface area contributed by atoms with Gasteiger partial charge in [-0.2, -0.15) is 5.10 Å². The molecule has 1 amide bonds. The Morgan fingerprint density at radius 2 is 1.95 bits per heavy atom. The number of hydrazone groups is 1. The quantitative estimate of drug-likeness (QED) is 0.526. The predicted molar refractivity (Wildman–Crippen MR) is 73.0 cm³/mol. The van der Waals surface area contributed by atoms with Crippen LogP contribution in [0.3, 0.4) is 0 Å². The number of carbonyl (C=O) groups excluding carboxylic acids is 1. The molecule has 19 heavy (non-hydrogen) atoms. The van der Waals surface area contributed by atoms with E-state index in [4.69, 9.17) is 16.3 Å². The van der Waals surface area contributed by atoms with Gasteiger partial charge in [0, 0.05) is 0 Å². The lowest BCUT2D eigenvalue weighted by Gasteiger charge is -2.18. The van der Waals surface area contributed by atoms with Crippen LogP contribution in [0.25, 0.3) is 0 Å². The van der Waals surface area contributed by atoms with Gasteiger partial charge in [0.2, 0.25) is 0 Å². The van der Waals surface area contributed by atoms with Crippen molar-refractivity contribution in [1.82, 2.24) is 5.43 Å². The molecule has 0 spiro atoms. The number of hydrogen-bond acceptors (Lipinski definition) is 3. The highest BCUT2D eigenvalue weighted by Gasteiger charge is 2.15. The van der Waals surface area contributed by atoms with E-state index in [9.17, 15) is 9.18 Å². The SMILES string of the molecule is CC(C)(C)OC(=O)N/N=C(\CCl)c1ccc(F)cc1. The highest BCUT2D eigenvalue weighted by molar-refractivity contribution is 6.31. The molecule has 104 valence electrons. The molecule has 0 saturated carbocycles. The third-order valence-corrected chi connectivity index (χ3v) is 2.24. The summed E-state index contributed by atoms with van der Waals surface area (Å²) in [6, 6.07) is 5.66. The van der Waals surface area contributed by atoms with Crippen LogP contribution in [-0.2, 0) is 4.74 Å². The van der Waals surface area contributed by atoms with Gasteiger partial charge < -0.3 is 4.74 Å². The molecule has 0 aliphatic heterocycles. The lowest BCUT2D eigenvalue weighted by Crippen LogP contribution is -2.30. The van der Waals surface area contributed by atoms with Crippen LogP contribution in [0.15, 0.2) is 29.4 Å². The van der Waals surface area contributed by atoms with Gasteiger partial charge in [0.15, 0.2) is 0 Å². The van der Waals surface area contributed by atoms with E-state index in [0.29, 0.717) is 11.3 Å². The molecule has 1 aromatic rings. The van der Waals surface area contributed by atoms with E-state index in [2.05, 4.69) is 10.5 Å². The van der Waals surface area contributed by atoms with Crippen LogP contribution >= 0.6 is 11.6 Å². The Bertz CT molecular complexity index is 467. The molecular formula is C13H16ClFN2O2. The summed E-state index contributed by atoms with van der Waals surface area (Å²) >= 11 is 5.74. The summed E-state index contributed by atoms with van der Waals surface area (Å²) in [6.45, 7) is 5.25. The fraction of sp³-hybridized carbons (Fsp3) is 0.385. The zero-order chi connectivity index (χ0) is 14.5. The van der Waals surface area contributed by atoms with E-state index in [1.54, 1.807) is 20.8 Å². The molecule has 0 atom stereocenters. The summed E-state index contributed by atoms with van der Waals surface area (Å²) in [7, 11) is 0. The van der Waals surface area contributed by atoms with Crippen LogP contribution in [0.1, 0.15) is 26.3 Å². The van der Waals surface area contributed by atoms with E-state index in [0.717, 1.165) is 0 Å². The van der Waals surface area contributed by atoms with Gasteiger partial charge in [-0.05, 0) is 38.5 Å². The molecular weight excluding hydrogens is 271 g/mol. The van der Waals surface area contributed by atoms with Crippen LogP contribution in [-0.4, -0.2) is 23.3 Å². The van der Waals surface area contributed by atoms with Crippen molar-refractivity contribution in [2.45, 2.75) is 26.4 Å². The molecule has 1 aromatic carbocycles. The highest BCUT2D eigenvalue weighted by atomic mass is 35.5. The van der Waals surface area contributed by atoms with Crippen molar-refractivity contribution in [3.63, 3.8) is 0 Å². The van der Waals surface area contributed by atoms with E-state index in [1.807, 2.05) is 0 Å². The standard InChI is InChI=1S/C13H16ClFN2O2/c1-13(2,3)19-12(18)17-16-11(8-14)9-4-6-10(15)7-5-9/h4-7H,8H2,1-3H3,(H,17,18)/b16-11+. The average molecular weight is 287 g/mol. The van der Waals surface area contributed by atoms with Gasteiger partial charge in [0.05, 0.1) is 11.6 Å². The molecule has 0 unspecified atom stereocenters. The minimum atomic E-state index is -0.669. The first-order chi connectivity index (χ1) is 8.81. The molecule has 0 saturated heterocycles. The maximum absolute atomic E-state index is 12.8. The highest BCUT2D eigenvalue weighted by Crippen LogP contribution is 2.08. The van der Waals surface area contributed by atoms with Crippen molar-refractivity contribution >= 4 is 23.4 Å². The number of halogens is 2. The largest absolute Gasteiger partial charge is 0.443 e. The van der Waals surface area contributed by atoms with Gasteiger partial charge in [-0.1, -0.05) is 12.1 Å². The lowest BCUT2D eigenvalue weighted by molar-refractivity contribution is 0.0529. The number of amides is 1. The first kappa shape index (κ1) is 15.4. The Hall–Kier alpha value is -1.62. The number of benzene rings is 1. The number of nitrogens with one attached hydrogen (secondary N) is 1. The van der Waals surface area contributed by atoms with E-state index in [-0.39, 0.29) is 11.7 Å². The van der Waals surface area contributed by atoms with Crippen LogP contribution in [0.2, 0.25) is 0 Å². The topological polar surface area (TPSA) is 50.7 Å². The van der Waals surface area contributed by atoms with E-state index < -0.39 is 11.7 Å². The molecule has 0 aromatic heterocycles. The number of carbonyl (C=O) groups is 1. The lowest BCUT2D eigenvalue weighted by atomic mass is 10.1. The molecule has 4 nitrogen and oxygen atoms in total. The van der Waals surface area contributed by atoms with Crippen molar-refractivity contribution in [2.24, 2.45) is 5.10 Å². The molecule has 0 bridgehead atoms. The number of alkyl halides is 1. The van der Waals surface area contributed by atoms with Crippen LogP contribution in [0.5, 0.6) is 0 Å². The number of rotatable bonds is 3. The van der Waals surface area contributed by atoms with E-state index >= 15 is 0 Å². The zero-order valence-corrected chi connectivity index (χ0v) is 11.8. The average Bonchev–Trinajstić information content (AvgIpc) is 2.29. The maximum atomic E-state index is 12.8. The summed E-state index contributed by atoms with van der Waals surface area (Å²) in [4.78, 5) is 11.4. The molecule has 0 aliphatic rings. The van der Waals surface area contributed by atoms with Crippen molar-refractivity contribution < 1.29 is 13.9 Å². The Morgan fingerprint density at radius 3 is 2.42 bits per heavy atom. The second-order valence-electron chi connectivity index (χ2n) is 4.81. The minimum absolute atomic E-state index is 0.0848. The van der Waals surface area contributed by atoms with Gasteiger partial charge >= 0.3 is 6.09 Å². The van der Waals surface area contributed by atoms with Crippen LogP contribution < -0.4 is 5.43 Å². The van der Waals surface area contributed by atoms with Gasteiger partial charge in [-0.25, -0.2) is 14.6 Å². The van der Waals surface area contributed by atoms with Gasteiger partial charge in [0.1, 0.15) is 11.4 Å². The van der Waals surface area contributed by atoms with Gasteiger partial charge in [-0.3, -0.25) is 0 Å². The Morgan fingerprint density at radius 1 is 1.37 bits per heavy atom. The second-order valence-corrected chi connectivity index (χ2v) is 5.08. The Labute approximate surface area is 116 Å². The molecule has 0 heterocycles. The number of nitrogens with zero attached hydrogens (tertiary/aromatic N) is 1. The van der Waals surface area contributed by atoms with Crippen molar-refractivity contribution in [1.29, 1.82) is 0 Å². The number of ether oxygens (including phenoxy) is 1. The smallest absolute Gasteiger partial charge is 0.428 e. The molecule has 0 aliphatic carbocycles. The first-order valence-electron chi connectivity index (χ1n) is 5.69. The van der Waals surface area contributed by atoms with E-state index in [1.165, 1.54) is 24.3 Å². The summed E-state index contributed by atoms with van der Waals surface area (Å²) in [5.74, 6) is -0.265. The molecule has 0 fully saturated rings. The molecule has 1 rings (SSSR count). The third kappa shape index (κ3) is 5.70. The Balaban J connectivity index is 2.72. The second kappa shape index (κ2) is 6.52. The molecule has 1 N–H and O–H groups in total. The molecule has 0 radical (unpaired) electrons. The molecule has 6 heteroatoms. The van der Waals surface area contributed by atoms with Crippen LogP contribution in [0, 0.1) is 5.82 Å². The zero-order valence-electron chi connectivity index (χ0n) is 11.0.